The molecule has 0 spiro atoms. The van der Waals surface area contributed by atoms with Crippen LogP contribution in [0, 0.1) is 0 Å². The molecular formula is C16H19N2+. The van der Waals surface area contributed by atoms with Gasteiger partial charge in [-0.15, -0.1) is 0 Å². The van der Waals surface area contributed by atoms with Gasteiger partial charge in [-0.1, -0.05) is 31.6 Å². The van der Waals surface area contributed by atoms with E-state index in [1.165, 1.54) is 28.1 Å². The van der Waals surface area contributed by atoms with Crippen LogP contribution >= 0.6 is 0 Å². The van der Waals surface area contributed by atoms with Crippen LogP contribution in [0.3, 0.4) is 0 Å². The molecule has 0 bridgehead atoms. The van der Waals surface area contributed by atoms with Crippen molar-refractivity contribution in [1.29, 1.82) is 0 Å². The standard InChI is InChI=1S/C16H19N2/c1-10-11(2)16(3,4)15-14(10)18(5)13-9-7-6-8-12(13)17-15/h6-9H,1-5H3/q+1. The van der Waals surface area contributed by atoms with Crippen LogP contribution in [-0.4, -0.2) is 4.98 Å². The number of benzene rings is 1. The molecule has 2 nitrogen and oxygen atoms in total. The molecule has 0 saturated carbocycles. The van der Waals surface area contributed by atoms with Crippen molar-refractivity contribution in [1.82, 2.24) is 4.98 Å². The van der Waals surface area contributed by atoms with Gasteiger partial charge in [-0.25, -0.2) is 4.98 Å². The predicted octanol–water partition coefficient (Wildman–Crippen LogP) is 3.14. The van der Waals surface area contributed by atoms with Crippen LogP contribution in [0.1, 0.15) is 39.1 Å². The molecule has 0 N–H and O–H groups in total. The molecule has 0 atom stereocenters. The second kappa shape index (κ2) is 3.41. The Labute approximate surface area is 108 Å². The highest BCUT2D eigenvalue weighted by Crippen LogP contribution is 2.43. The van der Waals surface area contributed by atoms with Gasteiger partial charge in [-0.05, 0) is 19.9 Å². The Morgan fingerprint density at radius 2 is 1.78 bits per heavy atom. The predicted molar refractivity (Wildman–Crippen MR) is 74.2 cm³/mol. The number of para-hydroxylation sites is 2. The molecule has 0 unspecified atom stereocenters. The number of nitrogens with zero attached hydrogens (tertiary/aromatic N) is 2. The Morgan fingerprint density at radius 1 is 1.11 bits per heavy atom. The summed E-state index contributed by atoms with van der Waals surface area (Å²) in [5.41, 5.74) is 7.61. The lowest BCUT2D eigenvalue weighted by Crippen LogP contribution is -2.36. The first-order valence-electron chi connectivity index (χ1n) is 6.42. The molecule has 1 heterocycles. The van der Waals surface area contributed by atoms with E-state index in [1.54, 1.807) is 0 Å². The summed E-state index contributed by atoms with van der Waals surface area (Å²) in [6.07, 6.45) is 0. The van der Waals surface area contributed by atoms with Gasteiger partial charge in [-0.3, -0.25) is 0 Å². The van der Waals surface area contributed by atoms with Crippen LogP contribution in [0.25, 0.3) is 16.6 Å². The van der Waals surface area contributed by atoms with Crippen LogP contribution in [0.4, 0.5) is 0 Å². The number of allylic oxidation sites excluding steroid dienone is 2. The molecule has 1 aromatic heterocycles. The Kier molecular flexibility index (Phi) is 2.16. The minimum absolute atomic E-state index is 0.0429. The molecule has 0 aliphatic heterocycles. The van der Waals surface area contributed by atoms with E-state index in [4.69, 9.17) is 4.98 Å². The summed E-state index contributed by atoms with van der Waals surface area (Å²) in [5.74, 6) is 0. The number of hydrogen-bond donors (Lipinski definition) is 0. The Bertz CT molecular complexity index is 694. The Morgan fingerprint density at radius 3 is 2.50 bits per heavy atom. The van der Waals surface area contributed by atoms with Gasteiger partial charge in [-0.2, -0.15) is 4.57 Å². The number of hydrogen-bond acceptors (Lipinski definition) is 1. The van der Waals surface area contributed by atoms with Gasteiger partial charge in [0.1, 0.15) is 18.3 Å². The van der Waals surface area contributed by atoms with E-state index < -0.39 is 0 Å². The normalized spacial score (nSPS) is 17.4. The van der Waals surface area contributed by atoms with E-state index in [0.717, 1.165) is 5.52 Å². The number of fused-ring (bicyclic) bond motifs is 2. The van der Waals surface area contributed by atoms with E-state index >= 15 is 0 Å². The smallest absolute Gasteiger partial charge is 0.231 e. The minimum Gasteiger partial charge on any atom is -0.239 e. The number of rotatable bonds is 0. The second-order valence-electron chi connectivity index (χ2n) is 5.73. The average Bonchev–Trinajstić information content (AvgIpc) is 2.52. The average molecular weight is 239 g/mol. The molecule has 0 fully saturated rings. The molecule has 1 aromatic carbocycles. The van der Waals surface area contributed by atoms with Crippen LogP contribution in [0.5, 0.6) is 0 Å². The van der Waals surface area contributed by atoms with Crippen molar-refractivity contribution in [3.8, 4) is 0 Å². The highest BCUT2D eigenvalue weighted by atomic mass is 15.0. The van der Waals surface area contributed by atoms with Gasteiger partial charge in [0.25, 0.3) is 0 Å². The topological polar surface area (TPSA) is 16.8 Å². The van der Waals surface area contributed by atoms with Crippen LogP contribution in [0.15, 0.2) is 29.8 Å². The molecule has 2 heteroatoms. The van der Waals surface area contributed by atoms with Crippen molar-refractivity contribution in [3.05, 3.63) is 41.2 Å². The molecular weight excluding hydrogens is 220 g/mol. The third-order valence-corrected chi connectivity index (χ3v) is 4.48. The fourth-order valence-electron chi connectivity index (χ4n) is 2.98. The summed E-state index contributed by atoms with van der Waals surface area (Å²) in [7, 11) is 2.14. The first kappa shape index (κ1) is 11.4. The van der Waals surface area contributed by atoms with Gasteiger partial charge in [0.15, 0.2) is 0 Å². The number of aryl methyl sites for hydroxylation is 1. The third-order valence-electron chi connectivity index (χ3n) is 4.48. The van der Waals surface area contributed by atoms with Crippen LogP contribution < -0.4 is 4.57 Å². The SMILES string of the molecule is CC1=C(C)C(C)(C)c2nc3ccccc3[n+](C)c21. The largest absolute Gasteiger partial charge is 0.239 e. The van der Waals surface area contributed by atoms with E-state index in [9.17, 15) is 0 Å². The summed E-state index contributed by atoms with van der Waals surface area (Å²) in [5, 5.41) is 0. The lowest BCUT2D eigenvalue weighted by atomic mass is 9.85. The molecule has 3 rings (SSSR count). The lowest BCUT2D eigenvalue weighted by Gasteiger charge is -2.19. The van der Waals surface area contributed by atoms with Crippen molar-refractivity contribution in [2.45, 2.75) is 33.1 Å². The highest BCUT2D eigenvalue weighted by Gasteiger charge is 2.41. The summed E-state index contributed by atoms with van der Waals surface area (Å²) in [6, 6.07) is 8.35. The van der Waals surface area contributed by atoms with Gasteiger partial charge in [0, 0.05) is 17.1 Å². The van der Waals surface area contributed by atoms with Crippen molar-refractivity contribution in [2.75, 3.05) is 0 Å². The second-order valence-corrected chi connectivity index (χ2v) is 5.73. The highest BCUT2D eigenvalue weighted by molar-refractivity contribution is 5.78. The fraction of sp³-hybridized carbons (Fsp3) is 0.375. The molecule has 0 radical (unpaired) electrons. The van der Waals surface area contributed by atoms with Crippen molar-refractivity contribution in [3.63, 3.8) is 0 Å². The van der Waals surface area contributed by atoms with E-state index in [1.807, 2.05) is 0 Å². The summed E-state index contributed by atoms with van der Waals surface area (Å²) in [6.45, 7) is 8.96. The first-order valence-corrected chi connectivity index (χ1v) is 6.42. The zero-order valence-corrected chi connectivity index (χ0v) is 11.7. The molecule has 1 aliphatic rings. The molecule has 2 aromatic rings. The van der Waals surface area contributed by atoms with Gasteiger partial charge in [0.05, 0.1) is 0 Å². The molecule has 18 heavy (non-hydrogen) atoms. The quantitative estimate of drug-likeness (QED) is 0.645. The first-order chi connectivity index (χ1) is 8.44. The van der Waals surface area contributed by atoms with E-state index in [0.29, 0.717) is 0 Å². The zero-order valence-electron chi connectivity index (χ0n) is 11.7. The van der Waals surface area contributed by atoms with E-state index in [-0.39, 0.29) is 5.41 Å². The summed E-state index contributed by atoms with van der Waals surface area (Å²) >= 11 is 0. The van der Waals surface area contributed by atoms with Crippen molar-refractivity contribution >= 4 is 16.6 Å². The Hall–Kier alpha value is -1.70. The minimum atomic E-state index is 0.0429. The van der Waals surface area contributed by atoms with Crippen molar-refractivity contribution in [2.24, 2.45) is 7.05 Å². The maximum absolute atomic E-state index is 4.91. The summed E-state index contributed by atoms with van der Waals surface area (Å²) < 4.78 is 2.28. The molecule has 92 valence electrons. The maximum Gasteiger partial charge on any atom is 0.231 e. The van der Waals surface area contributed by atoms with Crippen LogP contribution in [-0.2, 0) is 12.5 Å². The molecule has 0 saturated heterocycles. The van der Waals surface area contributed by atoms with Crippen molar-refractivity contribution < 1.29 is 4.57 Å². The third kappa shape index (κ3) is 1.23. The van der Waals surface area contributed by atoms with Gasteiger partial charge >= 0.3 is 0 Å². The van der Waals surface area contributed by atoms with Gasteiger partial charge < -0.3 is 0 Å². The van der Waals surface area contributed by atoms with E-state index in [2.05, 4.69) is 63.6 Å². The zero-order chi connectivity index (χ0) is 13.1. The lowest BCUT2D eigenvalue weighted by molar-refractivity contribution is -0.648. The molecule has 0 amide bonds. The number of aromatic nitrogens is 2. The molecule has 1 aliphatic carbocycles. The maximum atomic E-state index is 4.91. The van der Waals surface area contributed by atoms with Crippen LogP contribution in [0.2, 0.25) is 0 Å². The summed E-state index contributed by atoms with van der Waals surface area (Å²) in [4.78, 5) is 4.91. The fourth-order valence-corrected chi connectivity index (χ4v) is 2.98. The Balaban J connectivity index is 2.48. The van der Waals surface area contributed by atoms with Gasteiger partial charge in [0.2, 0.25) is 11.2 Å². The monoisotopic (exact) mass is 239 g/mol.